The number of nitrogens with zero attached hydrogens (tertiary/aromatic N) is 1. The molecule has 5 nitrogen and oxygen atoms in total. The normalized spacial score (nSPS) is 17.8. The van der Waals surface area contributed by atoms with Gasteiger partial charge in [0.25, 0.3) is 0 Å². The summed E-state index contributed by atoms with van der Waals surface area (Å²) in [7, 11) is -3.36. The number of nitrogens with one attached hydrogen (secondary N) is 1. The lowest BCUT2D eigenvalue weighted by atomic mass is 10.1. The summed E-state index contributed by atoms with van der Waals surface area (Å²) < 4.78 is 21.6. The van der Waals surface area contributed by atoms with Crippen LogP contribution in [-0.4, -0.2) is 56.4 Å². The van der Waals surface area contributed by atoms with Crippen LogP contribution >= 0.6 is 12.4 Å². The number of hydrogen-bond donors (Lipinski definition) is 1. The lowest BCUT2D eigenvalue weighted by Crippen LogP contribution is -2.55. The zero-order chi connectivity index (χ0) is 11.7. The first-order valence-electron chi connectivity index (χ1n) is 4.96. The molecule has 1 amide bonds. The molecule has 1 aliphatic heterocycles. The lowest BCUT2D eigenvalue weighted by molar-refractivity contribution is -0.133. The number of piperazine rings is 1. The highest BCUT2D eigenvalue weighted by molar-refractivity contribution is 7.92. The Labute approximate surface area is 103 Å². The molecule has 1 N–H and O–H groups in total. The van der Waals surface area contributed by atoms with E-state index < -0.39 is 14.6 Å². The van der Waals surface area contributed by atoms with Gasteiger partial charge in [0.15, 0.2) is 9.84 Å². The van der Waals surface area contributed by atoms with Crippen LogP contribution in [0.5, 0.6) is 0 Å². The molecular weight excluding hydrogens is 252 g/mol. The molecule has 1 saturated heterocycles. The number of amides is 1. The third kappa shape index (κ3) is 3.09. The van der Waals surface area contributed by atoms with E-state index in [2.05, 4.69) is 5.32 Å². The molecule has 0 saturated carbocycles. The standard InChI is InChI=1S/C9H18N2O3S.ClH/c1-9(2,15(3,13)14)8(12)11-6-4-10-5-7-11;/h10H,4-7H2,1-3H3;1H. The Morgan fingerprint density at radius 1 is 1.25 bits per heavy atom. The molecule has 1 rings (SSSR count). The van der Waals surface area contributed by atoms with Gasteiger partial charge in [-0.15, -0.1) is 12.4 Å². The van der Waals surface area contributed by atoms with Gasteiger partial charge in [0.2, 0.25) is 5.91 Å². The fourth-order valence-electron chi connectivity index (χ4n) is 1.41. The van der Waals surface area contributed by atoms with Crippen LogP contribution in [0.4, 0.5) is 0 Å². The Bertz CT molecular complexity index is 348. The molecule has 1 fully saturated rings. The number of sulfone groups is 1. The predicted octanol–water partition coefficient (Wildman–Crippen LogP) is -0.337. The Morgan fingerprint density at radius 2 is 1.69 bits per heavy atom. The van der Waals surface area contributed by atoms with E-state index in [0.29, 0.717) is 13.1 Å². The maximum absolute atomic E-state index is 12.0. The summed E-state index contributed by atoms with van der Waals surface area (Å²) in [6.07, 6.45) is 1.10. The van der Waals surface area contributed by atoms with Crippen molar-refractivity contribution >= 4 is 28.2 Å². The monoisotopic (exact) mass is 270 g/mol. The second-order valence-corrected chi connectivity index (χ2v) is 6.89. The van der Waals surface area contributed by atoms with Gasteiger partial charge in [0, 0.05) is 32.4 Å². The molecule has 16 heavy (non-hydrogen) atoms. The molecule has 0 atom stereocenters. The van der Waals surface area contributed by atoms with Crippen molar-refractivity contribution in [2.45, 2.75) is 18.6 Å². The molecule has 0 aliphatic carbocycles. The summed E-state index contributed by atoms with van der Waals surface area (Å²) in [4.78, 5) is 13.6. The van der Waals surface area contributed by atoms with E-state index in [1.54, 1.807) is 4.90 Å². The summed E-state index contributed by atoms with van der Waals surface area (Å²) in [6.45, 7) is 5.55. The van der Waals surface area contributed by atoms with E-state index in [1.165, 1.54) is 13.8 Å². The molecule has 0 aromatic heterocycles. The Balaban J connectivity index is 0.00000225. The smallest absolute Gasteiger partial charge is 0.243 e. The van der Waals surface area contributed by atoms with Crippen LogP contribution in [-0.2, 0) is 14.6 Å². The van der Waals surface area contributed by atoms with Crippen LogP contribution in [0.25, 0.3) is 0 Å². The van der Waals surface area contributed by atoms with Crippen molar-refractivity contribution in [3.8, 4) is 0 Å². The molecule has 0 aromatic carbocycles. The highest BCUT2D eigenvalue weighted by Crippen LogP contribution is 2.18. The minimum absolute atomic E-state index is 0. The molecule has 0 radical (unpaired) electrons. The molecule has 1 heterocycles. The van der Waals surface area contributed by atoms with Gasteiger partial charge in [-0.2, -0.15) is 0 Å². The van der Waals surface area contributed by atoms with Crippen molar-refractivity contribution in [2.24, 2.45) is 0 Å². The van der Waals surface area contributed by atoms with E-state index in [1.807, 2.05) is 0 Å². The minimum atomic E-state index is -3.36. The maximum atomic E-state index is 12.0. The molecule has 96 valence electrons. The SMILES string of the molecule is CC(C)(C(=O)N1CCNCC1)S(C)(=O)=O.Cl. The molecule has 0 spiro atoms. The van der Waals surface area contributed by atoms with E-state index in [-0.39, 0.29) is 18.3 Å². The van der Waals surface area contributed by atoms with Gasteiger partial charge in [-0.25, -0.2) is 8.42 Å². The summed E-state index contributed by atoms with van der Waals surface area (Å²) in [6, 6.07) is 0. The molecule has 0 bridgehead atoms. The van der Waals surface area contributed by atoms with Crippen LogP contribution < -0.4 is 5.32 Å². The highest BCUT2D eigenvalue weighted by Gasteiger charge is 2.41. The summed E-state index contributed by atoms with van der Waals surface area (Å²) >= 11 is 0. The fraction of sp³-hybridized carbons (Fsp3) is 0.889. The average molecular weight is 271 g/mol. The Morgan fingerprint density at radius 3 is 2.06 bits per heavy atom. The van der Waals surface area contributed by atoms with Gasteiger partial charge in [0.05, 0.1) is 0 Å². The first kappa shape index (κ1) is 15.7. The van der Waals surface area contributed by atoms with Crippen molar-refractivity contribution in [2.75, 3.05) is 32.4 Å². The van der Waals surface area contributed by atoms with Crippen molar-refractivity contribution in [3.63, 3.8) is 0 Å². The number of hydrogen-bond acceptors (Lipinski definition) is 4. The third-order valence-electron chi connectivity index (χ3n) is 2.85. The number of carbonyl (C=O) groups excluding carboxylic acids is 1. The first-order chi connectivity index (χ1) is 6.77. The van der Waals surface area contributed by atoms with E-state index in [0.717, 1.165) is 19.3 Å². The average Bonchev–Trinajstić information content (AvgIpc) is 2.16. The summed E-state index contributed by atoms with van der Waals surface area (Å²) in [5.41, 5.74) is 0. The first-order valence-corrected chi connectivity index (χ1v) is 6.85. The van der Waals surface area contributed by atoms with Crippen LogP contribution in [0.3, 0.4) is 0 Å². The number of halogens is 1. The lowest BCUT2D eigenvalue weighted by Gasteiger charge is -2.33. The van der Waals surface area contributed by atoms with Gasteiger partial charge in [0.1, 0.15) is 4.75 Å². The molecular formula is C9H19ClN2O3S. The van der Waals surface area contributed by atoms with Gasteiger partial charge in [-0.1, -0.05) is 0 Å². The van der Waals surface area contributed by atoms with E-state index in [4.69, 9.17) is 0 Å². The minimum Gasteiger partial charge on any atom is -0.339 e. The van der Waals surface area contributed by atoms with Crippen molar-refractivity contribution in [1.82, 2.24) is 10.2 Å². The number of carbonyl (C=O) groups is 1. The van der Waals surface area contributed by atoms with Crippen molar-refractivity contribution in [3.05, 3.63) is 0 Å². The predicted molar refractivity (Wildman–Crippen MR) is 65.6 cm³/mol. The largest absolute Gasteiger partial charge is 0.339 e. The van der Waals surface area contributed by atoms with Crippen molar-refractivity contribution < 1.29 is 13.2 Å². The fourth-order valence-corrected chi connectivity index (χ4v) is 1.85. The van der Waals surface area contributed by atoms with Crippen LogP contribution in [0, 0.1) is 0 Å². The van der Waals surface area contributed by atoms with Gasteiger partial charge >= 0.3 is 0 Å². The number of rotatable bonds is 2. The third-order valence-corrected chi connectivity index (χ3v) is 4.87. The van der Waals surface area contributed by atoms with Crippen LogP contribution in [0.15, 0.2) is 0 Å². The van der Waals surface area contributed by atoms with Gasteiger partial charge in [-0.05, 0) is 13.8 Å². The van der Waals surface area contributed by atoms with Crippen molar-refractivity contribution in [1.29, 1.82) is 0 Å². The molecule has 0 aromatic rings. The second-order valence-electron chi connectivity index (χ2n) is 4.32. The second kappa shape index (κ2) is 5.33. The van der Waals surface area contributed by atoms with E-state index in [9.17, 15) is 13.2 Å². The zero-order valence-corrected chi connectivity index (χ0v) is 11.4. The summed E-state index contributed by atoms with van der Waals surface area (Å²) in [5.74, 6) is -0.300. The van der Waals surface area contributed by atoms with Gasteiger partial charge < -0.3 is 10.2 Å². The van der Waals surface area contributed by atoms with Crippen LogP contribution in [0.2, 0.25) is 0 Å². The highest BCUT2D eigenvalue weighted by atomic mass is 35.5. The van der Waals surface area contributed by atoms with Gasteiger partial charge in [-0.3, -0.25) is 4.79 Å². The maximum Gasteiger partial charge on any atom is 0.243 e. The van der Waals surface area contributed by atoms with E-state index >= 15 is 0 Å². The zero-order valence-electron chi connectivity index (χ0n) is 9.82. The molecule has 0 unspecified atom stereocenters. The quantitative estimate of drug-likeness (QED) is 0.746. The topological polar surface area (TPSA) is 66.5 Å². The Hall–Kier alpha value is -0.330. The molecule has 7 heteroatoms. The summed E-state index contributed by atoms with van der Waals surface area (Å²) in [5, 5.41) is 3.12. The Kier molecular flexibility index (Phi) is 5.22. The van der Waals surface area contributed by atoms with Crippen LogP contribution in [0.1, 0.15) is 13.8 Å². The molecule has 1 aliphatic rings.